The van der Waals surface area contributed by atoms with Crippen molar-refractivity contribution in [1.29, 1.82) is 0 Å². The zero-order valence-corrected chi connectivity index (χ0v) is 7.28. The number of rotatable bonds is 4. The van der Waals surface area contributed by atoms with Gasteiger partial charge < -0.3 is 19.7 Å². The Morgan fingerprint density at radius 1 is 1.00 bits per heavy atom. The Bertz CT molecular complexity index is 138. The summed E-state index contributed by atoms with van der Waals surface area (Å²) in [5.74, 6) is 5.21. The van der Waals surface area contributed by atoms with Crippen molar-refractivity contribution >= 4 is 0 Å². The van der Waals surface area contributed by atoms with Crippen molar-refractivity contribution in [2.75, 3.05) is 13.2 Å². The van der Waals surface area contributed by atoms with Crippen LogP contribution >= 0.6 is 0 Å². The van der Waals surface area contributed by atoms with E-state index in [0.717, 1.165) is 0 Å². The predicted octanol–water partition coefficient (Wildman–Crippen LogP) is -0.300. The van der Waals surface area contributed by atoms with Crippen LogP contribution in [0.1, 0.15) is 13.8 Å². The van der Waals surface area contributed by atoms with Crippen LogP contribution < -0.4 is 0 Å². The average molecular weight is 174 g/mol. The van der Waals surface area contributed by atoms with Crippen molar-refractivity contribution in [2.45, 2.75) is 26.4 Å². The molecule has 0 aliphatic heterocycles. The molecule has 2 N–H and O–H groups in total. The van der Waals surface area contributed by atoms with Gasteiger partial charge in [0.1, 0.15) is 13.2 Å². The zero-order chi connectivity index (χ0) is 9.40. The van der Waals surface area contributed by atoms with Gasteiger partial charge in [0.05, 0.1) is 0 Å². The van der Waals surface area contributed by atoms with Gasteiger partial charge in [-0.25, -0.2) is 0 Å². The third kappa shape index (κ3) is 9.40. The molecule has 0 aromatic carbocycles. The van der Waals surface area contributed by atoms with Gasteiger partial charge in [-0.15, -0.1) is 0 Å². The molecule has 0 radical (unpaired) electrons. The Hall–Kier alpha value is -0.600. The molecule has 0 heterocycles. The number of aliphatic hydroxyl groups is 2. The molecule has 0 bridgehead atoms. The van der Waals surface area contributed by atoms with Gasteiger partial charge in [-0.2, -0.15) is 0 Å². The molecular formula is C8H14O4. The lowest BCUT2D eigenvalue weighted by Crippen LogP contribution is -2.07. The number of hydrogen-bond acceptors (Lipinski definition) is 4. The van der Waals surface area contributed by atoms with Crippen LogP contribution in [0.5, 0.6) is 0 Å². The molecule has 0 aliphatic carbocycles. The molecule has 12 heavy (non-hydrogen) atoms. The molecule has 0 saturated carbocycles. The van der Waals surface area contributed by atoms with Crippen LogP contribution in [-0.4, -0.2) is 36.0 Å². The van der Waals surface area contributed by atoms with Crippen LogP contribution in [0.15, 0.2) is 0 Å². The average Bonchev–Trinajstić information content (AvgIpc) is 1.95. The molecule has 0 aromatic heterocycles. The molecule has 4 nitrogen and oxygen atoms in total. The van der Waals surface area contributed by atoms with E-state index in [1.807, 2.05) is 0 Å². The smallest absolute Gasteiger partial charge is 0.153 e. The molecule has 0 aromatic rings. The number of aliphatic hydroxyl groups excluding tert-OH is 2. The summed E-state index contributed by atoms with van der Waals surface area (Å²) in [6.45, 7) is 3.35. The second kappa shape index (κ2) is 7.07. The summed E-state index contributed by atoms with van der Waals surface area (Å²) in [5, 5.41) is 17.3. The van der Waals surface area contributed by atoms with Gasteiger partial charge in [0, 0.05) is 0 Å². The zero-order valence-electron chi connectivity index (χ0n) is 7.28. The van der Waals surface area contributed by atoms with Gasteiger partial charge in [-0.3, -0.25) is 0 Å². The quantitative estimate of drug-likeness (QED) is 0.454. The minimum Gasteiger partial charge on any atom is -0.368 e. The van der Waals surface area contributed by atoms with E-state index in [1.165, 1.54) is 13.8 Å². The lowest BCUT2D eigenvalue weighted by Gasteiger charge is -2.01. The topological polar surface area (TPSA) is 58.9 Å². The largest absolute Gasteiger partial charge is 0.368 e. The van der Waals surface area contributed by atoms with Crippen LogP contribution in [0.3, 0.4) is 0 Å². The van der Waals surface area contributed by atoms with Gasteiger partial charge in [-0.05, 0) is 13.8 Å². The van der Waals surface area contributed by atoms with E-state index >= 15 is 0 Å². The van der Waals surface area contributed by atoms with E-state index < -0.39 is 12.6 Å². The minimum absolute atomic E-state index is 0.167. The summed E-state index contributed by atoms with van der Waals surface area (Å²) in [6.07, 6.45) is -1.59. The maximum Gasteiger partial charge on any atom is 0.153 e. The van der Waals surface area contributed by atoms with Crippen LogP contribution in [0.4, 0.5) is 0 Å². The molecule has 2 unspecified atom stereocenters. The fourth-order valence-electron chi connectivity index (χ4n) is 0.427. The Morgan fingerprint density at radius 2 is 1.33 bits per heavy atom. The van der Waals surface area contributed by atoms with E-state index in [9.17, 15) is 0 Å². The normalized spacial score (nSPS) is 14.7. The highest BCUT2D eigenvalue weighted by molar-refractivity contribution is 4.99. The Labute approximate surface area is 72.1 Å². The van der Waals surface area contributed by atoms with Crippen LogP contribution in [0.25, 0.3) is 0 Å². The summed E-state index contributed by atoms with van der Waals surface area (Å²) < 4.78 is 9.43. The van der Waals surface area contributed by atoms with E-state index in [4.69, 9.17) is 19.7 Å². The minimum atomic E-state index is -0.794. The van der Waals surface area contributed by atoms with Gasteiger partial charge in [-0.1, -0.05) is 11.8 Å². The summed E-state index contributed by atoms with van der Waals surface area (Å²) in [4.78, 5) is 0. The highest BCUT2D eigenvalue weighted by atomic mass is 16.6. The second-order valence-corrected chi connectivity index (χ2v) is 2.17. The van der Waals surface area contributed by atoms with Crippen LogP contribution in [0.2, 0.25) is 0 Å². The molecule has 70 valence electrons. The van der Waals surface area contributed by atoms with Crippen molar-refractivity contribution < 1.29 is 19.7 Å². The molecule has 0 amide bonds. The SMILES string of the molecule is CC(O)OCC#CCOC(C)O. The summed E-state index contributed by atoms with van der Waals surface area (Å²) >= 11 is 0. The first kappa shape index (κ1) is 11.4. The van der Waals surface area contributed by atoms with Crippen molar-refractivity contribution in [3.05, 3.63) is 0 Å². The maximum absolute atomic E-state index is 8.64. The van der Waals surface area contributed by atoms with Crippen LogP contribution in [0, 0.1) is 11.8 Å². The first-order valence-electron chi connectivity index (χ1n) is 3.68. The molecule has 0 aliphatic rings. The summed E-state index contributed by atoms with van der Waals surface area (Å²) in [7, 11) is 0. The third-order valence-corrected chi connectivity index (χ3v) is 0.918. The lowest BCUT2D eigenvalue weighted by molar-refractivity contribution is -0.0747. The van der Waals surface area contributed by atoms with Crippen molar-refractivity contribution in [3.8, 4) is 11.8 Å². The van der Waals surface area contributed by atoms with Crippen molar-refractivity contribution in [3.63, 3.8) is 0 Å². The van der Waals surface area contributed by atoms with E-state index in [2.05, 4.69) is 11.8 Å². The molecule has 4 heteroatoms. The Kier molecular flexibility index (Phi) is 6.72. The Morgan fingerprint density at radius 3 is 1.58 bits per heavy atom. The number of ether oxygens (including phenoxy) is 2. The van der Waals surface area contributed by atoms with Crippen molar-refractivity contribution in [1.82, 2.24) is 0 Å². The molecule has 2 atom stereocenters. The molecule has 0 rings (SSSR count). The van der Waals surface area contributed by atoms with Gasteiger partial charge in [0.15, 0.2) is 12.6 Å². The maximum atomic E-state index is 8.64. The molecule has 0 spiro atoms. The first-order valence-corrected chi connectivity index (χ1v) is 3.68. The first-order chi connectivity index (χ1) is 5.63. The standard InChI is InChI=1S/C8H14O4/c1-7(9)11-5-3-4-6-12-8(2)10/h7-10H,5-6H2,1-2H3. The van der Waals surface area contributed by atoms with Gasteiger partial charge in [0.2, 0.25) is 0 Å². The summed E-state index contributed by atoms with van der Waals surface area (Å²) in [5.41, 5.74) is 0. The van der Waals surface area contributed by atoms with E-state index in [1.54, 1.807) is 0 Å². The third-order valence-electron chi connectivity index (χ3n) is 0.918. The number of hydrogen-bond donors (Lipinski definition) is 2. The van der Waals surface area contributed by atoms with Crippen molar-refractivity contribution in [2.24, 2.45) is 0 Å². The second-order valence-electron chi connectivity index (χ2n) is 2.17. The van der Waals surface area contributed by atoms with E-state index in [0.29, 0.717) is 0 Å². The lowest BCUT2D eigenvalue weighted by atomic mass is 10.6. The van der Waals surface area contributed by atoms with Crippen LogP contribution in [-0.2, 0) is 9.47 Å². The fraction of sp³-hybridized carbons (Fsp3) is 0.750. The fourth-order valence-corrected chi connectivity index (χ4v) is 0.427. The monoisotopic (exact) mass is 174 g/mol. The predicted molar refractivity (Wildman–Crippen MR) is 43.0 cm³/mol. The molecule has 0 fully saturated rings. The summed E-state index contributed by atoms with van der Waals surface area (Å²) in [6, 6.07) is 0. The molecule has 0 saturated heterocycles. The van der Waals surface area contributed by atoms with E-state index in [-0.39, 0.29) is 13.2 Å². The van der Waals surface area contributed by atoms with Gasteiger partial charge in [0.25, 0.3) is 0 Å². The Balaban J connectivity index is 3.23. The van der Waals surface area contributed by atoms with Gasteiger partial charge >= 0.3 is 0 Å². The highest BCUT2D eigenvalue weighted by Gasteiger charge is 1.90. The highest BCUT2D eigenvalue weighted by Crippen LogP contribution is 1.82. The molecular weight excluding hydrogens is 160 g/mol.